The molecule has 0 aliphatic carbocycles. The fourth-order valence-corrected chi connectivity index (χ4v) is 4.03. The first-order valence-corrected chi connectivity index (χ1v) is 10.3. The van der Waals surface area contributed by atoms with E-state index in [0.717, 1.165) is 26.5 Å². The quantitative estimate of drug-likeness (QED) is 0.236. The smallest absolute Gasteiger partial charge is 0.308 e. The normalized spacial score (nSPS) is 10.6. The van der Waals surface area contributed by atoms with Gasteiger partial charge in [-0.3, -0.25) is 9.59 Å². The van der Waals surface area contributed by atoms with E-state index in [-0.39, 0.29) is 17.0 Å². The van der Waals surface area contributed by atoms with Crippen molar-refractivity contribution < 1.29 is 19.1 Å². The summed E-state index contributed by atoms with van der Waals surface area (Å²) in [4.78, 5) is 39.3. The Morgan fingerprint density at radius 3 is 2.50 bits per heavy atom. The van der Waals surface area contributed by atoms with Crippen LogP contribution in [0.15, 0.2) is 65.8 Å². The molecule has 9 heteroatoms. The Kier molecular flexibility index (Phi) is 5.91. The number of hydrogen-bond acceptors (Lipinski definition) is 8. The van der Waals surface area contributed by atoms with Gasteiger partial charge in [0.2, 0.25) is 0 Å². The largest absolute Gasteiger partial charge is 0.497 e. The summed E-state index contributed by atoms with van der Waals surface area (Å²) in [5.74, 6) is -0.231. The van der Waals surface area contributed by atoms with E-state index in [9.17, 15) is 14.5 Å². The molecule has 1 heterocycles. The van der Waals surface area contributed by atoms with Crippen LogP contribution in [0.5, 0.6) is 11.5 Å². The van der Waals surface area contributed by atoms with Crippen molar-refractivity contribution in [1.82, 2.24) is 4.98 Å². The molecule has 0 spiro atoms. The molecule has 4 rings (SSSR count). The number of anilines is 1. The molecule has 0 aliphatic rings. The minimum absolute atomic E-state index is 0.00172. The number of amides is 1. The molecule has 0 bridgehead atoms. The average molecular weight is 447 g/mol. The molecule has 3 aromatic carbocycles. The Morgan fingerprint density at radius 2 is 1.81 bits per heavy atom. The van der Waals surface area contributed by atoms with Gasteiger partial charge in [-0.1, -0.05) is 0 Å². The summed E-state index contributed by atoms with van der Waals surface area (Å²) in [6.45, 7) is 1.21. The van der Waals surface area contributed by atoms with E-state index in [1.165, 1.54) is 25.1 Å². The van der Waals surface area contributed by atoms with E-state index in [2.05, 4.69) is 15.5 Å². The van der Waals surface area contributed by atoms with Gasteiger partial charge in [0.1, 0.15) is 10.8 Å². The molecular formula is C23H17N3O5S. The summed E-state index contributed by atoms with van der Waals surface area (Å²) in [5, 5.41) is 6.45. The maximum absolute atomic E-state index is 12.6. The Bertz CT molecular complexity index is 1330. The zero-order valence-corrected chi connectivity index (χ0v) is 17.9. The molecule has 8 nitrogen and oxygen atoms in total. The summed E-state index contributed by atoms with van der Waals surface area (Å²) in [6, 6.07) is 17.1. The predicted octanol–water partition coefficient (Wildman–Crippen LogP) is 5.55. The number of carbonyl (C=O) groups excluding carboxylic acids is 2. The van der Waals surface area contributed by atoms with E-state index in [0.29, 0.717) is 5.69 Å². The second-order valence-electron chi connectivity index (χ2n) is 6.75. The number of thiazole rings is 1. The zero-order chi connectivity index (χ0) is 22.7. The lowest BCUT2D eigenvalue weighted by molar-refractivity contribution is -0.131. The Hall–Kier alpha value is -4.11. The number of esters is 1. The highest BCUT2D eigenvalue weighted by Gasteiger charge is 2.13. The summed E-state index contributed by atoms with van der Waals surface area (Å²) in [7, 11) is 1.63. The molecule has 0 radical (unpaired) electrons. The number of ether oxygens (including phenoxy) is 2. The molecule has 4 aromatic rings. The summed E-state index contributed by atoms with van der Waals surface area (Å²) < 4.78 is 11.2. The van der Waals surface area contributed by atoms with Gasteiger partial charge in [-0.05, 0) is 65.8 Å². The highest BCUT2D eigenvalue weighted by Crippen LogP contribution is 2.33. The summed E-state index contributed by atoms with van der Waals surface area (Å²) in [5.41, 5.74) is 2.46. The van der Waals surface area contributed by atoms with Crippen LogP contribution in [-0.4, -0.2) is 24.0 Å². The van der Waals surface area contributed by atoms with Crippen LogP contribution in [0.4, 0.5) is 11.4 Å². The summed E-state index contributed by atoms with van der Waals surface area (Å²) >= 11 is 1.55. The number of fused-ring (bicyclic) bond motifs is 1. The zero-order valence-electron chi connectivity index (χ0n) is 17.1. The predicted molar refractivity (Wildman–Crippen MR) is 123 cm³/mol. The van der Waals surface area contributed by atoms with Gasteiger partial charge in [-0.2, -0.15) is 0 Å². The van der Waals surface area contributed by atoms with Gasteiger partial charge >= 0.3 is 5.97 Å². The molecule has 0 saturated heterocycles. The standard InChI is InChI=1S/C23H17N3O5S/c1-13(27)31-20-10-5-15(11-19(20)26-29)22(28)24-16-6-3-14(4-7-16)23-25-18-9-8-17(30-2)12-21(18)32-23/h3-12H,1-2H3,(H,24,28). The highest BCUT2D eigenvalue weighted by atomic mass is 32.1. The van der Waals surface area contributed by atoms with E-state index in [1.54, 1.807) is 30.6 Å². The fraction of sp³-hybridized carbons (Fsp3) is 0.0870. The molecule has 1 amide bonds. The molecule has 0 unspecified atom stereocenters. The Labute approximate surface area is 186 Å². The minimum atomic E-state index is -0.584. The molecule has 160 valence electrons. The van der Waals surface area contributed by atoms with Crippen LogP contribution >= 0.6 is 11.3 Å². The molecule has 1 N–H and O–H groups in total. The first kappa shape index (κ1) is 21.1. The van der Waals surface area contributed by atoms with Gasteiger partial charge in [0, 0.05) is 23.7 Å². The Balaban J connectivity index is 1.50. The van der Waals surface area contributed by atoms with Crippen LogP contribution in [0.3, 0.4) is 0 Å². The van der Waals surface area contributed by atoms with Crippen molar-refractivity contribution in [2.24, 2.45) is 5.18 Å². The van der Waals surface area contributed by atoms with E-state index in [1.807, 2.05) is 30.3 Å². The maximum Gasteiger partial charge on any atom is 0.308 e. The van der Waals surface area contributed by atoms with Crippen molar-refractivity contribution in [2.45, 2.75) is 6.92 Å². The number of carbonyl (C=O) groups is 2. The van der Waals surface area contributed by atoms with E-state index >= 15 is 0 Å². The molecular weight excluding hydrogens is 430 g/mol. The molecule has 0 saturated carbocycles. The minimum Gasteiger partial charge on any atom is -0.497 e. The van der Waals surface area contributed by atoms with Crippen LogP contribution in [0.1, 0.15) is 17.3 Å². The van der Waals surface area contributed by atoms with Crippen molar-refractivity contribution in [3.05, 3.63) is 71.1 Å². The van der Waals surface area contributed by atoms with Crippen LogP contribution in [0.2, 0.25) is 0 Å². The fourth-order valence-electron chi connectivity index (χ4n) is 3.03. The van der Waals surface area contributed by atoms with Gasteiger partial charge in [0.05, 0.1) is 17.3 Å². The average Bonchev–Trinajstić information content (AvgIpc) is 3.22. The van der Waals surface area contributed by atoms with Crippen molar-refractivity contribution in [3.8, 4) is 22.1 Å². The summed E-state index contributed by atoms with van der Waals surface area (Å²) in [6.07, 6.45) is 0. The second kappa shape index (κ2) is 8.94. The third-order valence-electron chi connectivity index (χ3n) is 4.56. The Morgan fingerprint density at radius 1 is 1.03 bits per heavy atom. The molecule has 0 atom stereocenters. The third-order valence-corrected chi connectivity index (χ3v) is 5.63. The highest BCUT2D eigenvalue weighted by molar-refractivity contribution is 7.21. The van der Waals surface area contributed by atoms with Crippen molar-refractivity contribution >= 4 is 44.8 Å². The van der Waals surface area contributed by atoms with Crippen molar-refractivity contribution in [3.63, 3.8) is 0 Å². The van der Waals surface area contributed by atoms with Gasteiger partial charge in [0.15, 0.2) is 11.4 Å². The number of hydrogen-bond donors (Lipinski definition) is 1. The number of nitrogens with one attached hydrogen (secondary N) is 1. The molecule has 1 aromatic heterocycles. The number of rotatable bonds is 6. The lowest BCUT2D eigenvalue weighted by Gasteiger charge is -2.08. The van der Waals surface area contributed by atoms with Crippen molar-refractivity contribution in [1.29, 1.82) is 0 Å². The number of benzene rings is 3. The molecule has 32 heavy (non-hydrogen) atoms. The van der Waals surface area contributed by atoms with Gasteiger partial charge in [-0.15, -0.1) is 16.2 Å². The van der Waals surface area contributed by atoms with Gasteiger partial charge in [0.25, 0.3) is 5.91 Å². The van der Waals surface area contributed by atoms with Gasteiger partial charge < -0.3 is 14.8 Å². The van der Waals surface area contributed by atoms with E-state index in [4.69, 9.17) is 9.47 Å². The molecule has 0 fully saturated rings. The van der Waals surface area contributed by atoms with E-state index < -0.39 is 11.9 Å². The molecule has 0 aliphatic heterocycles. The number of aromatic nitrogens is 1. The monoisotopic (exact) mass is 447 g/mol. The lowest BCUT2D eigenvalue weighted by atomic mass is 10.1. The topological polar surface area (TPSA) is 107 Å². The third kappa shape index (κ3) is 4.47. The second-order valence-corrected chi connectivity index (χ2v) is 7.78. The van der Waals surface area contributed by atoms with Gasteiger partial charge in [-0.25, -0.2) is 4.98 Å². The number of methoxy groups -OCH3 is 1. The van der Waals surface area contributed by atoms with Crippen LogP contribution in [0.25, 0.3) is 20.8 Å². The first-order chi connectivity index (χ1) is 15.5. The lowest BCUT2D eigenvalue weighted by Crippen LogP contribution is -2.12. The van der Waals surface area contributed by atoms with Crippen LogP contribution < -0.4 is 14.8 Å². The SMILES string of the molecule is COc1ccc2nc(-c3ccc(NC(=O)c4ccc(OC(C)=O)c(N=O)c4)cc3)sc2c1. The maximum atomic E-state index is 12.6. The van der Waals surface area contributed by atoms with Crippen molar-refractivity contribution in [2.75, 3.05) is 12.4 Å². The van der Waals surface area contributed by atoms with Crippen LogP contribution in [0, 0.1) is 4.91 Å². The number of nitrogens with zero attached hydrogens (tertiary/aromatic N) is 2. The van der Waals surface area contributed by atoms with Crippen LogP contribution in [-0.2, 0) is 4.79 Å². The first-order valence-electron chi connectivity index (χ1n) is 9.49. The number of nitroso groups, excluding NO2 is 1.